The smallest absolute Gasteiger partial charge is 0.254 e. The van der Waals surface area contributed by atoms with Crippen molar-refractivity contribution in [1.82, 2.24) is 5.32 Å². The molecule has 1 atom stereocenters. The van der Waals surface area contributed by atoms with Gasteiger partial charge in [0.1, 0.15) is 11.6 Å². The van der Waals surface area contributed by atoms with E-state index in [0.29, 0.717) is 12.2 Å². The van der Waals surface area contributed by atoms with Crippen molar-refractivity contribution in [2.45, 2.75) is 24.3 Å². The molecule has 0 aromatic heterocycles. The monoisotopic (exact) mass is 366 g/mol. The number of primary sulfonamides is 1. The highest BCUT2D eigenvalue weighted by Gasteiger charge is 2.20. The number of nitrogens with two attached hydrogens (primary N) is 1. The minimum Gasteiger partial charge on any atom is -0.497 e. The van der Waals surface area contributed by atoms with Crippen LogP contribution in [-0.4, -0.2) is 21.4 Å². The van der Waals surface area contributed by atoms with E-state index in [0.717, 1.165) is 23.8 Å². The summed E-state index contributed by atoms with van der Waals surface area (Å²) in [5.41, 5.74) is 0.443. The number of methoxy groups -OCH3 is 1. The summed E-state index contributed by atoms with van der Waals surface area (Å²) in [7, 11) is -2.48. The van der Waals surface area contributed by atoms with Gasteiger partial charge in [0.05, 0.1) is 23.6 Å². The molecule has 1 amide bonds. The van der Waals surface area contributed by atoms with E-state index < -0.39 is 21.7 Å². The first kappa shape index (κ1) is 18.9. The maximum absolute atomic E-state index is 14.0. The molecule has 0 heterocycles. The van der Waals surface area contributed by atoms with Crippen molar-refractivity contribution < 1.29 is 22.3 Å². The van der Waals surface area contributed by atoms with Crippen LogP contribution in [0.15, 0.2) is 47.4 Å². The third kappa shape index (κ3) is 4.55. The predicted molar refractivity (Wildman–Crippen MR) is 91.3 cm³/mol. The molecule has 0 spiro atoms. The van der Waals surface area contributed by atoms with E-state index in [4.69, 9.17) is 9.88 Å². The Morgan fingerprint density at radius 1 is 1.24 bits per heavy atom. The fourth-order valence-corrected chi connectivity index (χ4v) is 2.89. The molecule has 0 radical (unpaired) electrons. The highest BCUT2D eigenvalue weighted by molar-refractivity contribution is 7.89. The maximum Gasteiger partial charge on any atom is 0.254 e. The third-order valence-corrected chi connectivity index (χ3v) is 4.65. The Bertz CT molecular complexity index is 867. The lowest BCUT2D eigenvalue weighted by Crippen LogP contribution is -2.29. The number of ether oxygens (including phenoxy) is 1. The van der Waals surface area contributed by atoms with Crippen molar-refractivity contribution in [2.24, 2.45) is 5.14 Å². The molecule has 0 aliphatic carbocycles. The fourth-order valence-electron chi connectivity index (χ4n) is 2.35. The summed E-state index contributed by atoms with van der Waals surface area (Å²) in [4.78, 5) is 12.1. The summed E-state index contributed by atoms with van der Waals surface area (Å²) in [5, 5.41) is 7.73. The molecule has 0 fully saturated rings. The Labute approximate surface area is 145 Å². The number of halogens is 1. The van der Waals surface area contributed by atoms with Crippen LogP contribution in [-0.2, 0) is 10.0 Å². The van der Waals surface area contributed by atoms with E-state index in [2.05, 4.69) is 5.32 Å². The molecule has 2 aromatic carbocycles. The van der Waals surface area contributed by atoms with E-state index in [1.807, 2.05) is 6.92 Å². The standard InChI is InChI=1S/C17H19FN2O4S/c1-3-16(11-4-6-12(24-2)7-5-11)20-17(21)14-10-13(25(19,22)23)8-9-15(14)18/h4-10,16H,3H2,1-2H3,(H,20,21)(H2,19,22,23)/t16-/m0/s1. The second-order valence-electron chi connectivity index (χ2n) is 5.39. The number of hydrogen-bond donors (Lipinski definition) is 2. The van der Waals surface area contributed by atoms with Crippen molar-refractivity contribution in [1.29, 1.82) is 0 Å². The van der Waals surface area contributed by atoms with Gasteiger partial charge in [-0.2, -0.15) is 0 Å². The van der Waals surface area contributed by atoms with Crippen LogP contribution < -0.4 is 15.2 Å². The van der Waals surface area contributed by atoms with Crippen molar-refractivity contribution in [2.75, 3.05) is 7.11 Å². The van der Waals surface area contributed by atoms with Crippen molar-refractivity contribution in [3.05, 3.63) is 59.4 Å². The summed E-state index contributed by atoms with van der Waals surface area (Å²) in [6.45, 7) is 1.87. The van der Waals surface area contributed by atoms with Gasteiger partial charge in [-0.15, -0.1) is 0 Å². The number of amides is 1. The summed E-state index contributed by atoms with van der Waals surface area (Å²) in [6.07, 6.45) is 0.564. The first-order valence-corrected chi connectivity index (χ1v) is 9.08. The average Bonchev–Trinajstić information content (AvgIpc) is 2.59. The lowest BCUT2D eigenvalue weighted by Gasteiger charge is -2.18. The maximum atomic E-state index is 14.0. The third-order valence-electron chi connectivity index (χ3n) is 3.74. The first-order chi connectivity index (χ1) is 11.8. The second-order valence-corrected chi connectivity index (χ2v) is 6.96. The van der Waals surface area contributed by atoms with Gasteiger partial charge in [0.25, 0.3) is 5.91 Å². The van der Waals surface area contributed by atoms with E-state index in [1.165, 1.54) is 0 Å². The highest BCUT2D eigenvalue weighted by Crippen LogP contribution is 2.21. The molecule has 6 nitrogen and oxygen atoms in total. The molecule has 0 saturated heterocycles. The minimum atomic E-state index is -4.03. The topological polar surface area (TPSA) is 98.5 Å². The Balaban J connectivity index is 2.27. The molecule has 8 heteroatoms. The second kappa shape index (κ2) is 7.62. The fraction of sp³-hybridized carbons (Fsp3) is 0.235. The van der Waals surface area contributed by atoms with Gasteiger partial charge in [-0.3, -0.25) is 4.79 Å². The van der Waals surface area contributed by atoms with Crippen LogP contribution in [0.1, 0.15) is 35.3 Å². The quantitative estimate of drug-likeness (QED) is 0.820. The van der Waals surface area contributed by atoms with Gasteiger partial charge in [0.2, 0.25) is 10.0 Å². The van der Waals surface area contributed by atoms with Crippen molar-refractivity contribution >= 4 is 15.9 Å². The molecule has 134 valence electrons. The Kier molecular flexibility index (Phi) is 5.76. The lowest BCUT2D eigenvalue weighted by atomic mass is 10.0. The number of carbonyl (C=O) groups is 1. The molecule has 2 aromatic rings. The molecule has 0 unspecified atom stereocenters. The molecule has 0 aliphatic heterocycles. The molecule has 0 saturated carbocycles. The van der Waals surface area contributed by atoms with Gasteiger partial charge in [0, 0.05) is 0 Å². The van der Waals surface area contributed by atoms with Gasteiger partial charge in [-0.25, -0.2) is 17.9 Å². The first-order valence-electron chi connectivity index (χ1n) is 7.53. The predicted octanol–water partition coefficient (Wildman–Crippen LogP) is 2.36. The number of hydrogen-bond acceptors (Lipinski definition) is 4. The van der Waals surface area contributed by atoms with Crippen LogP contribution in [0, 0.1) is 5.82 Å². The van der Waals surface area contributed by atoms with Crippen LogP contribution in [0.4, 0.5) is 4.39 Å². The molecule has 0 aliphatic rings. The zero-order chi connectivity index (χ0) is 18.6. The van der Waals surface area contributed by atoms with Gasteiger partial charge >= 0.3 is 0 Å². The number of sulfonamides is 1. The molecule has 0 bridgehead atoms. The molecule has 2 rings (SSSR count). The number of benzene rings is 2. The Morgan fingerprint density at radius 3 is 2.40 bits per heavy atom. The zero-order valence-electron chi connectivity index (χ0n) is 13.8. The highest BCUT2D eigenvalue weighted by atomic mass is 32.2. The molecule has 3 N–H and O–H groups in total. The van der Waals surface area contributed by atoms with Gasteiger partial charge < -0.3 is 10.1 Å². The number of carbonyl (C=O) groups excluding carboxylic acids is 1. The van der Waals surface area contributed by atoms with Crippen LogP contribution in [0.2, 0.25) is 0 Å². The average molecular weight is 366 g/mol. The van der Waals surface area contributed by atoms with Gasteiger partial charge in [-0.05, 0) is 42.3 Å². The Hall–Kier alpha value is -2.45. The summed E-state index contributed by atoms with van der Waals surface area (Å²) >= 11 is 0. The SMILES string of the molecule is CC[C@H](NC(=O)c1cc(S(N)(=O)=O)ccc1F)c1ccc(OC)cc1. The largest absolute Gasteiger partial charge is 0.497 e. The lowest BCUT2D eigenvalue weighted by molar-refractivity contribution is 0.0931. The molecular formula is C17H19FN2O4S. The van der Waals surface area contributed by atoms with Crippen LogP contribution >= 0.6 is 0 Å². The molecular weight excluding hydrogens is 347 g/mol. The molecule has 25 heavy (non-hydrogen) atoms. The number of nitrogens with one attached hydrogen (secondary N) is 1. The van der Waals surface area contributed by atoms with E-state index >= 15 is 0 Å². The van der Waals surface area contributed by atoms with E-state index in [-0.39, 0.29) is 16.5 Å². The normalized spacial score (nSPS) is 12.5. The summed E-state index contributed by atoms with van der Waals surface area (Å²) in [5.74, 6) is -0.864. The van der Waals surface area contributed by atoms with Gasteiger partial charge in [-0.1, -0.05) is 19.1 Å². The van der Waals surface area contributed by atoms with E-state index in [9.17, 15) is 17.6 Å². The van der Waals surface area contributed by atoms with Crippen molar-refractivity contribution in [3.8, 4) is 5.75 Å². The zero-order valence-corrected chi connectivity index (χ0v) is 14.6. The number of rotatable bonds is 6. The van der Waals surface area contributed by atoms with Crippen molar-refractivity contribution in [3.63, 3.8) is 0 Å². The Morgan fingerprint density at radius 2 is 1.88 bits per heavy atom. The minimum absolute atomic E-state index is 0.323. The van der Waals surface area contributed by atoms with E-state index in [1.54, 1.807) is 31.4 Å². The van der Waals surface area contributed by atoms with Crippen LogP contribution in [0.5, 0.6) is 5.75 Å². The van der Waals surface area contributed by atoms with Gasteiger partial charge in [0.15, 0.2) is 0 Å². The summed E-state index contributed by atoms with van der Waals surface area (Å²) in [6, 6.07) is 9.59. The summed E-state index contributed by atoms with van der Waals surface area (Å²) < 4.78 is 41.8. The van der Waals surface area contributed by atoms with Crippen LogP contribution in [0.3, 0.4) is 0 Å². The van der Waals surface area contributed by atoms with Crippen LogP contribution in [0.25, 0.3) is 0 Å².